The van der Waals surface area contributed by atoms with E-state index in [0.717, 1.165) is 61.2 Å². The third kappa shape index (κ3) is 4.66. The van der Waals surface area contributed by atoms with Crippen LogP contribution in [0.2, 0.25) is 0 Å². The molecular weight excluding hydrogens is 452 g/mol. The number of hydrogen-bond donors (Lipinski definition) is 2. The van der Waals surface area contributed by atoms with Crippen molar-refractivity contribution < 1.29 is 9.59 Å². The number of amides is 2. The van der Waals surface area contributed by atoms with Gasteiger partial charge in [0.25, 0.3) is 11.8 Å². The number of nitrogens with zero attached hydrogens (tertiary/aromatic N) is 4. The van der Waals surface area contributed by atoms with E-state index in [1.807, 2.05) is 59.6 Å². The second-order valence-corrected chi connectivity index (χ2v) is 9.51. The van der Waals surface area contributed by atoms with Crippen LogP contribution in [0.15, 0.2) is 66.9 Å². The van der Waals surface area contributed by atoms with E-state index in [2.05, 4.69) is 15.7 Å². The normalized spacial score (nSPS) is 15.6. The number of fused-ring (bicyclic) bond motifs is 1. The molecule has 1 aliphatic carbocycles. The number of rotatable bonds is 6. The lowest BCUT2D eigenvalue weighted by Crippen LogP contribution is -2.35. The molecule has 0 bridgehead atoms. The molecule has 182 valence electrons. The van der Waals surface area contributed by atoms with Gasteiger partial charge in [0, 0.05) is 47.7 Å². The van der Waals surface area contributed by atoms with Crippen LogP contribution in [-0.2, 0) is 0 Å². The van der Waals surface area contributed by atoms with Gasteiger partial charge in [0.1, 0.15) is 0 Å². The molecule has 0 radical (unpaired) electrons. The first-order valence-electron chi connectivity index (χ1n) is 12.6. The van der Waals surface area contributed by atoms with Crippen LogP contribution < -0.4 is 10.6 Å². The minimum Gasteiger partial charge on any atom is -0.349 e. The molecule has 2 aromatic carbocycles. The summed E-state index contributed by atoms with van der Waals surface area (Å²) in [6, 6.07) is 19.3. The maximum absolute atomic E-state index is 12.8. The van der Waals surface area contributed by atoms with Crippen molar-refractivity contribution in [3.05, 3.63) is 78.0 Å². The molecule has 3 heterocycles. The second-order valence-electron chi connectivity index (χ2n) is 9.51. The number of aromatic nitrogens is 3. The van der Waals surface area contributed by atoms with Crippen LogP contribution >= 0.6 is 0 Å². The zero-order valence-electron chi connectivity index (χ0n) is 20.0. The average molecular weight is 481 g/mol. The molecule has 1 saturated carbocycles. The highest BCUT2D eigenvalue weighted by Gasteiger charge is 2.23. The zero-order valence-corrected chi connectivity index (χ0v) is 20.0. The predicted molar refractivity (Wildman–Crippen MR) is 138 cm³/mol. The van der Waals surface area contributed by atoms with Gasteiger partial charge in [0.15, 0.2) is 5.65 Å². The van der Waals surface area contributed by atoms with E-state index in [-0.39, 0.29) is 11.8 Å². The molecule has 2 aliphatic rings. The molecule has 1 aliphatic heterocycles. The minimum absolute atomic E-state index is 0.0387. The smallest absolute Gasteiger partial charge is 0.253 e. The van der Waals surface area contributed by atoms with E-state index < -0.39 is 0 Å². The highest BCUT2D eigenvalue weighted by molar-refractivity contribution is 5.95. The molecule has 1 saturated heterocycles. The van der Waals surface area contributed by atoms with Crippen LogP contribution in [0.1, 0.15) is 52.8 Å². The summed E-state index contributed by atoms with van der Waals surface area (Å²) in [6.07, 6.45) is 7.34. The SMILES string of the molecule is O=C(NC1CC1)c1ccc(Nc2nc3c(-c4ccc(C(=O)N5CCCCC5)cc4)cccn3n2)cc1. The van der Waals surface area contributed by atoms with Gasteiger partial charge in [-0.3, -0.25) is 9.59 Å². The quantitative estimate of drug-likeness (QED) is 0.419. The van der Waals surface area contributed by atoms with Crippen molar-refractivity contribution in [3.8, 4) is 11.1 Å². The van der Waals surface area contributed by atoms with E-state index in [9.17, 15) is 9.59 Å². The van der Waals surface area contributed by atoms with E-state index in [1.165, 1.54) is 6.42 Å². The summed E-state index contributed by atoms with van der Waals surface area (Å²) in [7, 11) is 0. The Morgan fingerprint density at radius 1 is 0.861 bits per heavy atom. The molecule has 8 heteroatoms. The third-order valence-electron chi connectivity index (χ3n) is 6.76. The Bertz CT molecular complexity index is 1400. The lowest BCUT2D eigenvalue weighted by atomic mass is 10.0. The second kappa shape index (κ2) is 9.45. The summed E-state index contributed by atoms with van der Waals surface area (Å²) in [5.41, 5.74) is 4.78. The summed E-state index contributed by atoms with van der Waals surface area (Å²) in [5.74, 6) is 0.530. The van der Waals surface area contributed by atoms with Crippen LogP contribution in [0.25, 0.3) is 16.8 Å². The summed E-state index contributed by atoms with van der Waals surface area (Å²) < 4.78 is 1.74. The first-order chi connectivity index (χ1) is 17.6. The van der Waals surface area contributed by atoms with Crippen LogP contribution in [-0.4, -0.2) is 50.4 Å². The van der Waals surface area contributed by atoms with Gasteiger partial charge in [-0.2, -0.15) is 4.98 Å². The monoisotopic (exact) mass is 480 g/mol. The lowest BCUT2D eigenvalue weighted by molar-refractivity contribution is 0.0724. The molecule has 4 aromatic rings. The fourth-order valence-electron chi connectivity index (χ4n) is 4.59. The lowest BCUT2D eigenvalue weighted by Gasteiger charge is -2.26. The van der Waals surface area contributed by atoms with Crippen LogP contribution in [0.3, 0.4) is 0 Å². The van der Waals surface area contributed by atoms with E-state index in [0.29, 0.717) is 23.1 Å². The Balaban J connectivity index is 1.19. The van der Waals surface area contributed by atoms with E-state index >= 15 is 0 Å². The van der Waals surface area contributed by atoms with Crippen molar-refractivity contribution in [2.24, 2.45) is 0 Å². The summed E-state index contributed by atoms with van der Waals surface area (Å²) >= 11 is 0. The third-order valence-corrected chi connectivity index (χ3v) is 6.76. The first kappa shape index (κ1) is 22.3. The standard InChI is InChI=1S/C28H28N6O2/c35-26(29-22-14-15-22)20-10-12-23(13-11-20)30-28-31-25-24(5-4-18-34(25)32-28)19-6-8-21(9-7-19)27(36)33-16-2-1-3-17-33/h4-13,18,22H,1-3,14-17H2,(H,29,35)(H,30,32). The maximum Gasteiger partial charge on any atom is 0.253 e. The summed E-state index contributed by atoms with van der Waals surface area (Å²) in [5, 5.41) is 10.8. The number of nitrogens with one attached hydrogen (secondary N) is 2. The molecule has 0 atom stereocenters. The number of likely N-dealkylation sites (tertiary alicyclic amines) is 1. The summed E-state index contributed by atoms with van der Waals surface area (Å²) in [4.78, 5) is 31.7. The van der Waals surface area contributed by atoms with Gasteiger partial charge in [-0.1, -0.05) is 12.1 Å². The number of carbonyl (C=O) groups is 2. The fourth-order valence-corrected chi connectivity index (χ4v) is 4.59. The van der Waals surface area contributed by atoms with Gasteiger partial charge in [-0.25, -0.2) is 4.52 Å². The highest BCUT2D eigenvalue weighted by Crippen LogP contribution is 2.26. The van der Waals surface area contributed by atoms with Crippen molar-refractivity contribution in [1.82, 2.24) is 24.8 Å². The molecule has 2 fully saturated rings. The number of benzene rings is 2. The molecule has 0 unspecified atom stereocenters. The van der Waals surface area contributed by atoms with E-state index in [1.54, 1.807) is 16.6 Å². The van der Waals surface area contributed by atoms with Crippen molar-refractivity contribution in [2.75, 3.05) is 18.4 Å². The number of pyridine rings is 1. The molecule has 8 nitrogen and oxygen atoms in total. The number of carbonyl (C=O) groups excluding carboxylic acids is 2. The summed E-state index contributed by atoms with van der Waals surface area (Å²) in [6.45, 7) is 1.68. The van der Waals surface area contributed by atoms with E-state index in [4.69, 9.17) is 4.98 Å². The van der Waals surface area contributed by atoms with Crippen molar-refractivity contribution in [1.29, 1.82) is 0 Å². The Labute approximate surface area is 209 Å². The Morgan fingerprint density at radius 3 is 2.31 bits per heavy atom. The Kier molecular flexibility index (Phi) is 5.85. The number of anilines is 2. The van der Waals surface area contributed by atoms with Gasteiger partial charge >= 0.3 is 0 Å². The predicted octanol–water partition coefficient (Wildman–Crippen LogP) is 4.66. The van der Waals surface area contributed by atoms with Gasteiger partial charge in [0.2, 0.25) is 5.95 Å². The van der Waals surface area contributed by atoms with Crippen molar-refractivity contribution in [3.63, 3.8) is 0 Å². The van der Waals surface area contributed by atoms with Crippen molar-refractivity contribution >= 4 is 29.1 Å². The van der Waals surface area contributed by atoms with Crippen molar-refractivity contribution in [2.45, 2.75) is 38.1 Å². The topological polar surface area (TPSA) is 91.6 Å². The average Bonchev–Trinajstić information content (AvgIpc) is 3.64. The fraction of sp³-hybridized carbons (Fsp3) is 0.286. The highest BCUT2D eigenvalue weighted by atomic mass is 16.2. The van der Waals surface area contributed by atoms with Gasteiger partial charge in [-0.15, -0.1) is 5.10 Å². The molecule has 0 spiro atoms. The van der Waals surface area contributed by atoms with Gasteiger partial charge in [-0.05, 0) is 86.2 Å². The van der Waals surface area contributed by atoms with Crippen LogP contribution in [0.4, 0.5) is 11.6 Å². The first-order valence-corrected chi connectivity index (χ1v) is 12.6. The zero-order chi connectivity index (χ0) is 24.5. The largest absolute Gasteiger partial charge is 0.349 e. The molecule has 36 heavy (non-hydrogen) atoms. The number of piperidine rings is 1. The van der Waals surface area contributed by atoms with Crippen LogP contribution in [0, 0.1) is 0 Å². The van der Waals surface area contributed by atoms with Gasteiger partial charge in [0.05, 0.1) is 0 Å². The Morgan fingerprint density at radius 2 is 1.58 bits per heavy atom. The van der Waals surface area contributed by atoms with Gasteiger partial charge < -0.3 is 15.5 Å². The minimum atomic E-state index is -0.0387. The molecule has 6 rings (SSSR count). The maximum atomic E-state index is 12.8. The molecule has 2 N–H and O–H groups in total. The molecule has 2 aromatic heterocycles. The van der Waals surface area contributed by atoms with Crippen LogP contribution in [0.5, 0.6) is 0 Å². The number of hydrogen-bond acceptors (Lipinski definition) is 5. The molecular formula is C28H28N6O2. The Hall–Kier alpha value is -4.20. The molecule has 2 amide bonds.